The summed E-state index contributed by atoms with van der Waals surface area (Å²) in [5.41, 5.74) is 5.65. The number of carbonyl (C=O) groups excluding carboxylic acids is 1. The van der Waals surface area contributed by atoms with Crippen molar-refractivity contribution in [1.29, 1.82) is 0 Å². The quantitative estimate of drug-likeness (QED) is 0.682. The van der Waals surface area contributed by atoms with Gasteiger partial charge in [-0.2, -0.15) is 4.98 Å². The third kappa shape index (κ3) is 3.11. The molecular weight excluding hydrogens is 265 g/mol. The molecule has 2 aromatic rings. The molecule has 2 N–H and O–H groups in total. The molecule has 7 heteroatoms. The number of carbonyl (C=O) groups is 1. The number of rotatable bonds is 4. The molecule has 0 aliphatic heterocycles. The number of nitrogens with zero attached hydrogens (tertiary/aromatic N) is 2. The fourth-order valence-corrected chi connectivity index (χ4v) is 1.49. The molecule has 106 valence electrons. The van der Waals surface area contributed by atoms with Crippen LogP contribution in [0.25, 0.3) is 0 Å². The van der Waals surface area contributed by atoms with Gasteiger partial charge in [-0.25, -0.2) is 9.18 Å². The van der Waals surface area contributed by atoms with Crippen molar-refractivity contribution in [3.63, 3.8) is 0 Å². The lowest BCUT2D eigenvalue weighted by molar-refractivity contribution is 0.0431. The van der Waals surface area contributed by atoms with Gasteiger partial charge < -0.3 is 15.0 Å². The maximum absolute atomic E-state index is 12.9. The van der Waals surface area contributed by atoms with Gasteiger partial charge in [0.05, 0.1) is 5.56 Å². The molecule has 0 aliphatic rings. The molecule has 20 heavy (non-hydrogen) atoms. The van der Waals surface area contributed by atoms with Gasteiger partial charge in [0.25, 0.3) is 5.89 Å². The van der Waals surface area contributed by atoms with Gasteiger partial charge in [-0.15, -0.1) is 0 Å². The minimum absolute atomic E-state index is 0.0170. The molecule has 0 aliphatic carbocycles. The summed E-state index contributed by atoms with van der Waals surface area (Å²) < 4.78 is 22.8. The molecule has 0 saturated carbocycles. The lowest BCUT2D eigenvalue weighted by Crippen LogP contribution is -2.08. The molecular formula is C13H14FN3O3. The Morgan fingerprint density at radius 3 is 2.85 bits per heavy atom. The normalized spacial score (nSPS) is 10.8. The van der Waals surface area contributed by atoms with E-state index in [9.17, 15) is 9.18 Å². The minimum atomic E-state index is -0.674. The standard InChI is InChI=1S/C13H14FN3O3/c1-7(2)12-16-11(20-17-12)6-19-13(18)9-4-3-8(14)5-10(9)15/h3-5,7H,6,15H2,1-2H3. The minimum Gasteiger partial charge on any atom is -0.452 e. The van der Waals surface area contributed by atoms with Crippen LogP contribution in [-0.2, 0) is 11.3 Å². The second-order valence-corrected chi connectivity index (χ2v) is 4.51. The summed E-state index contributed by atoms with van der Waals surface area (Å²) in [7, 11) is 0. The summed E-state index contributed by atoms with van der Waals surface area (Å²) in [6.07, 6.45) is 0. The predicted molar refractivity (Wildman–Crippen MR) is 68.3 cm³/mol. The lowest BCUT2D eigenvalue weighted by atomic mass is 10.2. The summed E-state index contributed by atoms with van der Waals surface area (Å²) in [5, 5.41) is 3.74. The lowest BCUT2D eigenvalue weighted by Gasteiger charge is -2.04. The molecule has 0 fully saturated rings. The zero-order valence-corrected chi connectivity index (χ0v) is 11.1. The predicted octanol–water partition coefficient (Wildman–Crippen LogP) is 2.27. The van der Waals surface area contributed by atoms with Crippen molar-refractivity contribution in [3.05, 3.63) is 41.3 Å². The largest absolute Gasteiger partial charge is 0.452 e. The molecule has 1 aromatic carbocycles. The van der Waals surface area contributed by atoms with Crippen molar-refractivity contribution in [2.45, 2.75) is 26.4 Å². The van der Waals surface area contributed by atoms with E-state index >= 15 is 0 Å². The van der Waals surface area contributed by atoms with E-state index in [0.717, 1.165) is 12.1 Å². The number of anilines is 1. The third-order valence-electron chi connectivity index (χ3n) is 2.56. The number of ether oxygens (including phenoxy) is 1. The van der Waals surface area contributed by atoms with Gasteiger partial charge in [0.1, 0.15) is 5.82 Å². The first-order valence-electron chi connectivity index (χ1n) is 6.02. The molecule has 2 rings (SSSR count). The van der Waals surface area contributed by atoms with Crippen LogP contribution in [0.5, 0.6) is 0 Å². The maximum Gasteiger partial charge on any atom is 0.340 e. The number of halogens is 1. The number of aromatic nitrogens is 2. The van der Waals surface area contributed by atoms with Crippen LogP contribution in [0.15, 0.2) is 22.7 Å². The van der Waals surface area contributed by atoms with E-state index in [0.29, 0.717) is 5.82 Å². The van der Waals surface area contributed by atoms with Crippen molar-refractivity contribution < 1.29 is 18.4 Å². The number of hydrogen-bond acceptors (Lipinski definition) is 6. The first-order valence-corrected chi connectivity index (χ1v) is 6.02. The average molecular weight is 279 g/mol. The van der Waals surface area contributed by atoms with E-state index in [1.54, 1.807) is 0 Å². The van der Waals surface area contributed by atoms with E-state index in [4.69, 9.17) is 15.0 Å². The Balaban J connectivity index is 2.01. The molecule has 0 amide bonds. The Labute approximate surface area is 114 Å². The zero-order valence-electron chi connectivity index (χ0n) is 11.1. The maximum atomic E-state index is 12.9. The Hall–Kier alpha value is -2.44. The number of esters is 1. The Bertz CT molecular complexity index is 625. The van der Waals surface area contributed by atoms with E-state index in [1.807, 2.05) is 13.8 Å². The number of nitrogens with two attached hydrogens (primary N) is 1. The molecule has 1 aromatic heterocycles. The Morgan fingerprint density at radius 1 is 1.50 bits per heavy atom. The number of nitrogen functional groups attached to an aromatic ring is 1. The van der Waals surface area contributed by atoms with Crippen molar-refractivity contribution in [2.24, 2.45) is 0 Å². The van der Waals surface area contributed by atoms with Crippen LogP contribution < -0.4 is 5.73 Å². The number of benzene rings is 1. The first kappa shape index (κ1) is 14.0. The van der Waals surface area contributed by atoms with Crippen LogP contribution in [0.3, 0.4) is 0 Å². The van der Waals surface area contributed by atoms with E-state index in [2.05, 4.69) is 10.1 Å². The highest BCUT2D eigenvalue weighted by atomic mass is 19.1. The molecule has 0 spiro atoms. The van der Waals surface area contributed by atoms with Crippen LogP contribution >= 0.6 is 0 Å². The van der Waals surface area contributed by atoms with Crippen LogP contribution in [0, 0.1) is 5.82 Å². The average Bonchev–Trinajstić information content (AvgIpc) is 2.85. The van der Waals surface area contributed by atoms with Crippen LogP contribution in [0.4, 0.5) is 10.1 Å². The molecule has 0 atom stereocenters. The summed E-state index contributed by atoms with van der Waals surface area (Å²) in [5.74, 6) is -0.333. The molecule has 6 nitrogen and oxygen atoms in total. The van der Waals surface area contributed by atoms with Crippen molar-refractivity contribution in [2.75, 3.05) is 5.73 Å². The Morgan fingerprint density at radius 2 is 2.25 bits per heavy atom. The summed E-state index contributed by atoms with van der Waals surface area (Å²) in [6.45, 7) is 3.68. The zero-order chi connectivity index (χ0) is 14.7. The first-order chi connectivity index (χ1) is 9.47. The van der Waals surface area contributed by atoms with Crippen LogP contribution in [0.2, 0.25) is 0 Å². The van der Waals surface area contributed by atoms with E-state index in [1.165, 1.54) is 6.07 Å². The van der Waals surface area contributed by atoms with E-state index < -0.39 is 11.8 Å². The van der Waals surface area contributed by atoms with Gasteiger partial charge in [-0.1, -0.05) is 19.0 Å². The topological polar surface area (TPSA) is 91.2 Å². The molecule has 0 bridgehead atoms. The fourth-order valence-electron chi connectivity index (χ4n) is 1.49. The summed E-state index contributed by atoms with van der Waals surface area (Å²) >= 11 is 0. The van der Waals surface area contributed by atoms with Crippen LogP contribution in [0.1, 0.15) is 41.8 Å². The fraction of sp³-hybridized carbons (Fsp3) is 0.308. The van der Waals surface area contributed by atoms with Crippen LogP contribution in [-0.4, -0.2) is 16.1 Å². The smallest absolute Gasteiger partial charge is 0.340 e. The highest BCUT2D eigenvalue weighted by Gasteiger charge is 2.15. The van der Waals surface area contributed by atoms with Gasteiger partial charge >= 0.3 is 5.97 Å². The molecule has 0 radical (unpaired) electrons. The van der Waals surface area contributed by atoms with Gasteiger partial charge in [-0.3, -0.25) is 0 Å². The third-order valence-corrected chi connectivity index (χ3v) is 2.56. The molecule has 0 saturated heterocycles. The molecule has 0 unspecified atom stereocenters. The summed E-state index contributed by atoms with van der Waals surface area (Å²) in [6, 6.07) is 3.46. The number of hydrogen-bond donors (Lipinski definition) is 1. The monoisotopic (exact) mass is 279 g/mol. The van der Waals surface area contributed by atoms with Crippen molar-refractivity contribution >= 4 is 11.7 Å². The molecule has 1 heterocycles. The van der Waals surface area contributed by atoms with Gasteiger partial charge in [0, 0.05) is 11.6 Å². The van der Waals surface area contributed by atoms with Gasteiger partial charge in [-0.05, 0) is 18.2 Å². The van der Waals surface area contributed by atoms with Gasteiger partial charge in [0.2, 0.25) is 0 Å². The highest BCUT2D eigenvalue weighted by Crippen LogP contribution is 2.16. The van der Waals surface area contributed by atoms with E-state index in [-0.39, 0.29) is 29.7 Å². The Kier molecular flexibility index (Phi) is 3.97. The van der Waals surface area contributed by atoms with Crippen molar-refractivity contribution in [1.82, 2.24) is 10.1 Å². The SMILES string of the molecule is CC(C)c1noc(COC(=O)c2ccc(F)cc2N)n1. The van der Waals surface area contributed by atoms with Crippen molar-refractivity contribution in [3.8, 4) is 0 Å². The highest BCUT2D eigenvalue weighted by molar-refractivity contribution is 5.94. The second kappa shape index (κ2) is 5.68. The van der Waals surface area contributed by atoms with Gasteiger partial charge in [0.15, 0.2) is 12.4 Å². The summed E-state index contributed by atoms with van der Waals surface area (Å²) in [4.78, 5) is 15.8. The second-order valence-electron chi connectivity index (χ2n) is 4.51.